The molecule has 0 aliphatic carbocycles. The minimum Gasteiger partial charge on any atom is -0.305 e. The maximum atomic E-state index is 4.45. The van der Waals surface area contributed by atoms with E-state index >= 15 is 0 Å². The number of benzene rings is 10. The van der Waals surface area contributed by atoms with Crippen LogP contribution in [0.1, 0.15) is 11.6 Å². The molecule has 126 heavy (non-hydrogen) atoms. The zero-order valence-electron chi connectivity index (χ0n) is 68.4. The van der Waals surface area contributed by atoms with Crippen LogP contribution in [0.2, 0.25) is 0 Å². The Balaban J connectivity index is 0.000000163. The van der Waals surface area contributed by atoms with Gasteiger partial charge in [-0.1, -0.05) is 146 Å². The molecule has 0 unspecified atom stereocenters. The summed E-state index contributed by atoms with van der Waals surface area (Å²) in [4.78, 5) is 51.7. The van der Waals surface area contributed by atoms with E-state index in [0.29, 0.717) is 17.5 Å². The monoisotopic (exact) mass is 2340 g/mol. The average molecular weight is 2340 g/mol. The van der Waals surface area contributed by atoms with Crippen molar-refractivity contribution in [3.8, 4) is 135 Å². The molecule has 16 heteroatoms. The first-order chi connectivity index (χ1) is 60.4. The number of aryl methyl sites for hydroxylation is 2. The van der Waals surface area contributed by atoms with Crippen molar-refractivity contribution in [1.82, 2.24) is 59.8 Å². The van der Waals surface area contributed by atoms with Gasteiger partial charge in [-0.15, -0.1) is 287 Å². The van der Waals surface area contributed by atoms with Crippen LogP contribution < -0.4 is 0 Å². The fourth-order valence-corrected chi connectivity index (χ4v) is 12.0. The van der Waals surface area contributed by atoms with Gasteiger partial charge in [0.1, 0.15) is 11.6 Å². The summed E-state index contributed by atoms with van der Waals surface area (Å²) >= 11 is 0. The maximum Gasteiger partial charge on any atom is 0.164 e. The molecular weight excluding hydrogens is 2260 g/mol. The van der Waals surface area contributed by atoms with Crippen LogP contribution in [0.15, 0.2) is 450 Å². The van der Waals surface area contributed by atoms with Crippen LogP contribution in [0, 0.1) is 62.4 Å². The van der Waals surface area contributed by atoms with Crippen molar-refractivity contribution in [2.45, 2.75) is 13.8 Å². The van der Waals surface area contributed by atoms with Crippen molar-refractivity contribution < 1.29 is 80.4 Å². The van der Waals surface area contributed by atoms with Gasteiger partial charge in [0.15, 0.2) is 5.82 Å². The molecule has 20 aromatic rings. The molecule has 0 fully saturated rings. The van der Waals surface area contributed by atoms with Crippen molar-refractivity contribution in [2.75, 3.05) is 0 Å². The number of rotatable bonds is 12. The van der Waals surface area contributed by atoms with E-state index in [9.17, 15) is 0 Å². The standard InChI is InChI=1S/2C17H12N.C16H13N4.C16H11N2.4C11H8N.4Ir/c2*1-3-7-14(8-4-1)16-11-12-18-17(13-16)15-9-5-2-6-10-15;1-11-18-12(2)20-16(19-11)14-8-9-15(17-10-14)13-6-4-3-5-7-13;1-2-6-13(7-3-1)16-12-14(9-11-18-16)15-8-4-5-10-17-15;4*1-2-6-10(7-3-1)11-8-4-5-9-12-11;;;;/h2*1-9,11-13H;3-6,8-10H,1-2H3;1-6,8-12H;4*1-6,8-9H;;;;/q8*-1;;;;. The van der Waals surface area contributed by atoms with Crippen LogP contribution in [0.4, 0.5) is 0 Å². The molecule has 12 nitrogen and oxygen atoms in total. The van der Waals surface area contributed by atoms with E-state index in [4.69, 9.17) is 0 Å². The molecule has 0 spiro atoms. The van der Waals surface area contributed by atoms with E-state index in [-0.39, 0.29) is 80.4 Å². The van der Waals surface area contributed by atoms with Crippen molar-refractivity contribution in [3.63, 3.8) is 0 Å². The van der Waals surface area contributed by atoms with E-state index < -0.39 is 0 Å². The Labute approximate surface area is 792 Å². The SMILES string of the molecule is Cc1nc(C)nc(-c2ccc(-c3[c-]cccc3)nc2)n1.[Ir].[Ir].[Ir].[Ir].[c-]1ccccc1-c1cc(-c2ccccc2)ccn1.[c-]1ccccc1-c1cc(-c2ccccc2)ccn1.[c-]1ccccc1-c1cc(-c2ccccn2)ccn1.[c-]1ccccc1-c1ccccn1.[c-]1ccccc1-c1ccccn1.[c-]1ccccc1-c1ccccn1.[c-]1ccccc1-c1ccccn1. The number of hydrogen-bond acceptors (Lipinski definition) is 12. The third-order valence-electron chi connectivity index (χ3n) is 17.9. The van der Waals surface area contributed by atoms with Crippen molar-refractivity contribution in [2.24, 2.45) is 0 Å². The van der Waals surface area contributed by atoms with Gasteiger partial charge in [-0.05, 0) is 142 Å². The Morgan fingerprint density at radius 1 is 0.167 bits per heavy atom. The zero-order chi connectivity index (χ0) is 83.5. The first kappa shape index (κ1) is 96.0. The Morgan fingerprint density at radius 2 is 0.405 bits per heavy atom. The van der Waals surface area contributed by atoms with Crippen molar-refractivity contribution >= 4 is 0 Å². The second kappa shape index (κ2) is 53.9. The van der Waals surface area contributed by atoms with Gasteiger partial charge in [0.2, 0.25) is 0 Å². The molecule has 0 saturated carbocycles. The zero-order valence-corrected chi connectivity index (χ0v) is 78.0. The first-order valence-corrected chi connectivity index (χ1v) is 39.4. The number of aromatic nitrogens is 12. The van der Waals surface area contributed by atoms with E-state index in [0.717, 1.165) is 107 Å². The summed E-state index contributed by atoms with van der Waals surface area (Å²) in [6.07, 6.45) is 16.2. The molecule has 0 amide bonds. The summed E-state index contributed by atoms with van der Waals surface area (Å²) in [7, 11) is 0. The fraction of sp³-hybridized carbons (Fsp3) is 0.0182. The molecule has 10 aromatic carbocycles. The largest absolute Gasteiger partial charge is 0.305 e. The number of hydrogen-bond donors (Lipinski definition) is 0. The smallest absolute Gasteiger partial charge is 0.164 e. The van der Waals surface area contributed by atoms with E-state index in [2.05, 4.69) is 145 Å². The third-order valence-corrected chi connectivity index (χ3v) is 17.9. The van der Waals surface area contributed by atoms with Gasteiger partial charge >= 0.3 is 0 Å². The van der Waals surface area contributed by atoms with Crippen LogP contribution in [0.5, 0.6) is 0 Å². The van der Waals surface area contributed by atoms with Gasteiger partial charge < -0.3 is 39.9 Å². The molecule has 0 bridgehead atoms. The summed E-state index contributed by atoms with van der Waals surface area (Å²) in [6.45, 7) is 3.72. The normalized spacial score (nSPS) is 9.73. The topological polar surface area (TPSA) is 155 Å². The quantitative estimate of drug-likeness (QED) is 0.107. The van der Waals surface area contributed by atoms with Crippen LogP contribution in [-0.4, -0.2) is 59.8 Å². The van der Waals surface area contributed by atoms with E-state index in [1.807, 2.05) is 384 Å². The molecular formula is C110H80Ir4N12-8. The van der Waals surface area contributed by atoms with Gasteiger partial charge in [-0.3, -0.25) is 4.98 Å². The second-order valence-corrected chi connectivity index (χ2v) is 26.5. The summed E-state index contributed by atoms with van der Waals surface area (Å²) in [5, 5.41) is 0. The van der Waals surface area contributed by atoms with Crippen LogP contribution in [-0.2, 0) is 80.4 Å². The molecule has 0 N–H and O–H groups in total. The molecule has 4 radical (unpaired) electrons. The van der Waals surface area contributed by atoms with Crippen molar-refractivity contribution in [1.29, 1.82) is 0 Å². The van der Waals surface area contributed by atoms with Crippen LogP contribution >= 0.6 is 0 Å². The molecule has 10 heterocycles. The predicted octanol–water partition coefficient (Wildman–Crippen LogP) is 25.2. The van der Waals surface area contributed by atoms with Gasteiger partial charge in [0, 0.05) is 142 Å². The van der Waals surface area contributed by atoms with Gasteiger partial charge in [0.05, 0.1) is 5.69 Å². The van der Waals surface area contributed by atoms with Gasteiger partial charge in [0.25, 0.3) is 0 Å². The van der Waals surface area contributed by atoms with E-state index in [1.54, 1.807) is 43.4 Å². The van der Waals surface area contributed by atoms with Gasteiger partial charge in [-0.2, -0.15) is 0 Å². The Bertz CT molecular complexity index is 5410. The van der Waals surface area contributed by atoms with Crippen molar-refractivity contribution in [3.05, 3.63) is 510 Å². The molecule has 0 aliphatic rings. The van der Waals surface area contributed by atoms with Crippen LogP contribution in [0.3, 0.4) is 0 Å². The Morgan fingerprint density at radius 3 is 0.659 bits per heavy atom. The Hall–Kier alpha value is -13.8. The molecule has 0 aliphatic heterocycles. The molecule has 624 valence electrons. The van der Waals surface area contributed by atoms with Crippen LogP contribution in [0.25, 0.3) is 135 Å². The Kier molecular flexibility index (Phi) is 41.1. The van der Waals surface area contributed by atoms with E-state index in [1.165, 1.54) is 22.3 Å². The third kappa shape index (κ3) is 30.9. The minimum absolute atomic E-state index is 0. The predicted molar refractivity (Wildman–Crippen MR) is 490 cm³/mol. The number of nitrogens with zero attached hydrogens (tertiary/aromatic N) is 12. The second-order valence-electron chi connectivity index (χ2n) is 26.5. The molecule has 10 aromatic heterocycles. The summed E-state index contributed by atoms with van der Waals surface area (Å²) in [5.74, 6) is 2.09. The average Bonchev–Trinajstić information content (AvgIpc) is 0.837. The molecule has 0 saturated heterocycles. The van der Waals surface area contributed by atoms with Gasteiger partial charge in [-0.25, -0.2) is 15.0 Å². The molecule has 20 rings (SSSR count). The fourth-order valence-electron chi connectivity index (χ4n) is 12.0. The summed E-state index contributed by atoms with van der Waals surface area (Å²) in [5.41, 5.74) is 23.4. The summed E-state index contributed by atoms with van der Waals surface area (Å²) < 4.78 is 0. The number of pyridine rings is 9. The molecule has 0 atom stereocenters. The summed E-state index contributed by atoms with van der Waals surface area (Å²) in [6, 6.07) is 154. The maximum absolute atomic E-state index is 4.45. The minimum atomic E-state index is 0. The first-order valence-electron chi connectivity index (χ1n) is 39.4.